The molecule has 1 N–H and O–H groups in total. The highest BCUT2D eigenvalue weighted by molar-refractivity contribution is 5.84. The van der Waals surface area contributed by atoms with Crippen LogP contribution in [0.1, 0.15) is 25.3 Å². The highest BCUT2D eigenvalue weighted by atomic mass is 16.5. The molecule has 1 rings (SSSR count). The quantitative estimate of drug-likeness (QED) is 0.804. The van der Waals surface area contributed by atoms with Gasteiger partial charge in [-0.2, -0.15) is 0 Å². The van der Waals surface area contributed by atoms with E-state index in [4.69, 9.17) is 4.74 Å². The lowest BCUT2D eigenvalue weighted by atomic mass is 9.93. The van der Waals surface area contributed by atoms with Crippen LogP contribution in [0.3, 0.4) is 0 Å². The lowest BCUT2D eigenvalue weighted by Crippen LogP contribution is -2.43. The summed E-state index contributed by atoms with van der Waals surface area (Å²) in [5.74, 6) is -0.813. The van der Waals surface area contributed by atoms with Gasteiger partial charge >= 0.3 is 5.97 Å². The molecule has 0 saturated heterocycles. The second-order valence-corrected chi connectivity index (χ2v) is 3.90. The van der Waals surface area contributed by atoms with Gasteiger partial charge in [-0.1, -0.05) is 37.3 Å². The van der Waals surface area contributed by atoms with Gasteiger partial charge in [-0.15, -0.1) is 0 Å². The van der Waals surface area contributed by atoms with Gasteiger partial charge in [0, 0.05) is 12.8 Å². The van der Waals surface area contributed by atoms with E-state index in [0.29, 0.717) is 0 Å². The summed E-state index contributed by atoms with van der Waals surface area (Å²) in [5, 5.41) is 2.62. The molecule has 4 nitrogen and oxygen atoms in total. The molecule has 92 valence electrons. The Morgan fingerprint density at radius 1 is 1.24 bits per heavy atom. The third-order valence-corrected chi connectivity index (χ3v) is 2.64. The highest BCUT2D eigenvalue weighted by Crippen LogP contribution is 2.19. The Kier molecular flexibility index (Phi) is 4.69. The van der Waals surface area contributed by atoms with Crippen molar-refractivity contribution in [3.8, 4) is 0 Å². The Morgan fingerprint density at radius 2 is 1.82 bits per heavy atom. The molecule has 0 aliphatic heterocycles. The van der Waals surface area contributed by atoms with Crippen molar-refractivity contribution in [3.63, 3.8) is 0 Å². The molecule has 1 aromatic rings. The number of nitrogens with one attached hydrogen (secondary N) is 1. The van der Waals surface area contributed by atoms with E-state index in [0.717, 1.165) is 5.56 Å². The van der Waals surface area contributed by atoms with Gasteiger partial charge in [0.2, 0.25) is 5.91 Å². The normalized spacial score (nSPS) is 13.6. The van der Waals surface area contributed by atoms with Crippen molar-refractivity contribution in [2.24, 2.45) is 0 Å². The van der Waals surface area contributed by atoms with E-state index in [1.165, 1.54) is 14.0 Å². The first-order chi connectivity index (χ1) is 8.06. The van der Waals surface area contributed by atoms with Crippen LogP contribution in [0, 0.1) is 0 Å². The SMILES string of the molecule is COC(=O)[C@H](NC(C)=O)[C@@H](C)c1ccccc1. The number of hydrogen-bond donors (Lipinski definition) is 1. The molecule has 4 heteroatoms. The number of amides is 1. The zero-order valence-electron chi connectivity index (χ0n) is 10.3. The summed E-state index contributed by atoms with van der Waals surface area (Å²) in [7, 11) is 1.31. The Balaban J connectivity index is 2.90. The molecule has 0 unspecified atom stereocenters. The van der Waals surface area contributed by atoms with E-state index in [1.54, 1.807) is 0 Å². The van der Waals surface area contributed by atoms with Crippen LogP contribution in [0.5, 0.6) is 0 Å². The predicted octanol–water partition coefficient (Wildman–Crippen LogP) is 1.47. The van der Waals surface area contributed by atoms with Gasteiger partial charge in [0.05, 0.1) is 7.11 Å². The van der Waals surface area contributed by atoms with Crippen molar-refractivity contribution in [1.82, 2.24) is 5.32 Å². The number of carbonyl (C=O) groups excluding carboxylic acids is 2. The Bertz CT molecular complexity index is 389. The van der Waals surface area contributed by atoms with Crippen LogP contribution in [0.4, 0.5) is 0 Å². The number of rotatable bonds is 4. The number of methoxy groups -OCH3 is 1. The fraction of sp³-hybridized carbons (Fsp3) is 0.385. The Hall–Kier alpha value is -1.84. The summed E-state index contributed by atoms with van der Waals surface area (Å²) in [6.45, 7) is 3.26. The lowest BCUT2D eigenvalue weighted by Gasteiger charge is -2.22. The van der Waals surface area contributed by atoms with E-state index >= 15 is 0 Å². The van der Waals surface area contributed by atoms with Crippen LogP contribution in [0.2, 0.25) is 0 Å². The van der Waals surface area contributed by atoms with E-state index in [-0.39, 0.29) is 11.8 Å². The van der Waals surface area contributed by atoms with Crippen molar-refractivity contribution in [2.75, 3.05) is 7.11 Å². The van der Waals surface area contributed by atoms with Crippen LogP contribution >= 0.6 is 0 Å². The van der Waals surface area contributed by atoms with Crippen LogP contribution in [-0.2, 0) is 14.3 Å². The monoisotopic (exact) mass is 235 g/mol. The maximum atomic E-state index is 11.6. The molecular weight excluding hydrogens is 218 g/mol. The second-order valence-electron chi connectivity index (χ2n) is 3.90. The molecule has 0 fully saturated rings. The van der Waals surface area contributed by atoms with Gasteiger partial charge in [0.15, 0.2) is 0 Å². The maximum absolute atomic E-state index is 11.6. The fourth-order valence-electron chi connectivity index (χ4n) is 1.68. The standard InChI is InChI=1S/C13H17NO3/c1-9(11-7-5-4-6-8-11)12(13(16)17-3)14-10(2)15/h4-9,12H,1-3H3,(H,14,15)/t9-,12+/m0/s1. The molecule has 17 heavy (non-hydrogen) atoms. The fourth-order valence-corrected chi connectivity index (χ4v) is 1.68. The highest BCUT2D eigenvalue weighted by Gasteiger charge is 2.27. The number of benzene rings is 1. The van der Waals surface area contributed by atoms with Gasteiger partial charge in [-0.3, -0.25) is 4.79 Å². The summed E-state index contributed by atoms with van der Waals surface area (Å²) in [6, 6.07) is 8.88. The zero-order valence-corrected chi connectivity index (χ0v) is 10.3. The first-order valence-electron chi connectivity index (χ1n) is 5.46. The number of carbonyl (C=O) groups is 2. The number of hydrogen-bond acceptors (Lipinski definition) is 3. The van der Waals surface area contributed by atoms with Gasteiger partial charge < -0.3 is 10.1 Å². The van der Waals surface area contributed by atoms with Crippen LogP contribution in [0.25, 0.3) is 0 Å². The molecule has 1 amide bonds. The molecular formula is C13H17NO3. The second kappa shape index (κ2) is 6.03. The predicted molar refractivity (Wildman–Crippen MR) is 64.5 cm³/mol. The Labute approximate surface area is 101 Å². The molecule has 2 atom stereocenters. The van der Waals surface area contributed by atoms with Gasteiger partial charge in [-0.05, 0) is 5.56 Å². The number of esters is 1. The topological polar surface area (TPSA) is 55.4 Å². The summed E-state index contributed by atoms with van der Waals surface area (Å²) in [5.41, 5.74) is 0.983. The average molecular weight is 235 g/mol. The molecule has 0 radical (unpaired) electrons. The molecule has 0 aromatic heterocycles. The number of ether oxygens (including phenoxy) is 1. The van der Waals surface area contributed by atoms with Crippen LogP contribution < -0.4 is 5.32 Å². The first-order valence-corrected chi connectivity index (χ1v) is 5.46. The molecule has 1 aromatic carbocycles. The third-order valence-electron chi connectivity index (χ3n) is 2.64. The van der Waals surface area contributed by atoms with Crippen LogP contribution in [-0.4, -0.2) is 25.0 Å². The minimum atomic E-state index is -0.653. The zero-order chi connectivity index (χ0) is 12.8. The van der Waals surface area contributed by atoms with Crippen molar-refractivity contribution >= 4 is 11.9 Å². The lowest BCUT2D eigenvalue weighted by molar-refractivity contribution is -0.145. The smallest absolute Gasteiger partial charge is 0.328 e. The molecule has 0 bridgehead atoms. The molecule has 0 spiro atoms. The average Bonchev–Trinajstić information content (AvgIpc) is 2.35. The minimum absolute atomic E-state index is 0.132. The first kappa shape index (κ1) is 13.2. The van der Waals surface area contributed by atoms with E-state index in [2.05, 4.69) is 5.32 Å². The van der Waals surface area contributed by atoms with Crippen molar-refractivity contribution < 1.29 is 14.3 Å². The van der Waals surface area contributed by atoms with E-state index < -0.39 is 12.0 Å². The summed E-state index contributed by atoms with van der Waals surface area (Å²) >= 11 is 0. The van der Waals surface area contributed by atoms with Gasteiger partial charge in [0.25, 0.3) is 0 Å². The van der Waals surface area contributed by atoms with Gasteiger partial charge in [-0.25, -0.2) is 4.79 Å². The third kappa shape index (κ3) is 3.59. The summed E-state index contributed by atoms with van der Waals surface area (Å²) in [6.07, 6.45) is 0. The van der Waals surface area contributed by atoms with Crippen molar-refractivity contribution in [1.29, 1.82) is 0 Å². The van der Waals surface area contributed by atoms with Crippen molar-refractivity contribution in [3.05, 3.63) is 35.9 Å². The van der Waals surface area contributed by atoms with Crippen LogP contribution in [0.15, 0.2) is 30.3 Å². The summed E-state index contributed by atoms with van der Waals surface area (Å²) in [4.78, 5) is 22.7. The van der Waals surface area contributed by atoms with Gasteiger partial charge in [0.1, 0.15) is 6.04 Å². The Morgan fingerprint density at radius 3 is 2.29 bits per heavy atom. The summed E-state index contributed by atoms with van der Waals surface area (Å²) < 4.78 is 4.70. The molecule has 0 aliphatic rings. The maximum Gasteiger partial charge on any atom is 0.328 e. The van der Waals surface area contributed by atoms with E-state index in [1.807, 2.05) is 37.3 Å². The molecule has 0 aliphatic carbocycles. The largest absolute Gasteiger partial charge is 0.467 e. The van der Waals surface area contributed by atoms with Crippen molar-refractivity contribution in [2.45, 2.75) is 25.8 Å². The minimum Gasteiger partial charge on any atom is -0.467 e. The van der Waals surface area contributed by atoms with E-state index in [9.17, 15) is 9.59 Å². The molecule has 0 saturated carbocycles. The molecule has 0 heterocycles.